The molecule has 5 heteroatoms. The van der Waals surface area contributed by atoms with Crippen molar-refractivity contribution < 1.29 is 0 Å². The van der Waals surface area contributed by atoms with E-state index in [9.17, 15) is 5.26 Å². The van der Waals surface area contributed by atoms with Crippen LogP contribution in [0.25, 0.3) is 11.6 Å². The van der Waals surface area contributed by atoms with Gasteiger partial charge in [0, 0.05) is 13.0 Å². The summed E-state index contributed by atoms with van der Waals surface area (Å²) < 4.78 is 2.06. The number of nitrogens with zero attached hydrogens (tertiary/aromatic N) is 5. The van der Waals surface area contributed by atoms with Crippen molar-refractivity contribution in [1.82, 2.24) is 14.8 Å². The summed E-state index contributed by atoms with van der Waals surface area (Å²) in [5.41, 5.74) is 1.99. The highest BCUT2D eigenvalue weighted by Crippen LogP contribution is 2.21. The Morgan fingerprint density at radius 2 is 1.91 bits per heavy atom. The molecule has 0 unspecified atom stereocenters. The fourth-order valence-electron chi connectivity index (χ4n) is 2.65. The molecular formula is C17H15N5. The van der Waals surface area contributed by atoms with E-state index >= 15 is 0 Å². The summed E-state index contributed by atoms with van der Waals surface area (Å²) in [5.74, 6) is 1.61. The highest BCUT2D eigenvalue weighted by molar-refractivity contribution is 5.87. The first-order valence-corrected chi connectivity index (χ1v) is 7.36. The number of aryl methyl sites for hydroxylation is 1. The van der Waals surface area contributed by atoms with E-state index in [2.05, 4.69) is 26.9 Å². The molecule has 0 radical (unpaired) electrons. The zero-order valence-corrected chi connectivity index (χ0v) is 12.2. The van der Waals surface area contributed by atoms with Crippen LogP contribution >= 0.6 is 0 Å². The Bertz CT molecular complexity index is 784. The van der Waals surface area contributed by atoms with Crippen LogP contribution in [0.2, 0.25) is 0 Å². The van der Waals surface area contributed by atoms with Gasteiger partial charge in [-0.1, -0.05) is 18.6 Å². The van der Waals surface area contributed by atoms with Gasteiger partial charge in [0.25, 0.3) is 0 Å². The summed E-state index contributed by atoms with van der Waals surface area (Å²) in [4.78, 5) is 0. The van der Waals surface area contributed by atoms with Gasteiger partial charge < -0.3 is 4.57 Å². The average molecular weight is 289 g/mol. The van der Waals surface area contributed by atoms with Crippen LogP contribution in [-0.4, -0.2) is 14.8 Å². The number of nitriles is 2. The Morgan fingerprint density at radius 1 is 1.09 bits per heavy atom. The molecule has 0 saturated heterocycles. The van der Waals surface area contributed by atoms with E-state index in [1.807, 2.05) is 12.1 Å². The van der Waals surface area contributed by atoms with Crippen molar-refractivity contribution in [2.45, 2.75) is 32.2 Å². The fourth-order valence-corrected chi connectivity index (χ4v) is 2.65. The molecule has 0 saturated carbocycles. The summed E-state index contributed by atoms with van der Waals surface area (Å²) in [6.45, 7) is 0.865. The summed E-state index contributed by atoms with van der Waals surface area (Å²) in [7, 11) is 0. The summed E-state index contributed by atoms with van der Waals surface area (Å²) in [5, 5.41) is 26.7. The zero-order chi connectivity index (χ0) is 15.4. The Morgan fingerprint density at radius 3 is 2.64 bits per heavy atom. The van der Waals surface area contributed by atoms with Crippen molar-refractivity contribution in [3.8, 4) is 12.1 Å². The Balaban J connectivity index is 1.97. The van der Waals surface area contributed by atoms with Crippen molar-refractivity contribution in [3.05, 3.63) is 47.0 Å². The quantitative estimate of drug-likeness (QED) is 0.796. The molecule has 1 aliphatic rings. The van der Waals surface area contributed by atoms with Crippen molar-refractivity contribution >= 4 is 11.6 Å². The highest BCUT2D eigenvalue weighted by atomic mass is 15.3. The lowest BCUT2D eigenvalue weighted by Crippen LogP contribution is -2.05. The third-order valence-corrected chi connectivity index (χ3v) is 3.82. The Hall–Kier alpha value is -2.92. The molecule has 0 aliphatic carbocycles. The first kappa shape index (κ1) is 14.0. The molecule has 2 heterocycles. The highest BCUT2D eigenvalue weighted by Gasteiger charge is 2.17. The Labute approximate surface area is 129 Å². The van der Waals surface area contributed by atoms with Gasteiger partial charge in [0.05, 0.1) is 17.2 Å². The van der Waals surface area contributed by atoms with Crippen LogP contribution in [0.1, 0.15) is 42.0 Å². The standard InChI is InChI=1S/C17H15N5/c18-11-14-7-5-13(6-8-14)10-15(12-19)17-21-20-16-4-2-1-3-9-22(16)17/h5-8,10H,1-4,9H2/b15-10+. The molecule has 1 aromatic heterocycles. The van der Waals surface area contributed by atoms with E-state index < -0.39 is 0 Å². The second-order valence-corrected chi connectivity index (χ2v) is 5.31. The SMILES string of the molecule is N#C/C(=C\c1ccc(C#N)cc1)c1nnc2n1CCCCC2. The molecule has 1 aliphatic heterocycles. The van der Waals surface area contributed by atoms with Gasteiger partial charge in [0.1, 0.15) is 11.9 Å². The minimum atomic E-state index is 0.505. The van der Waals surface area contributed by atoms with Crippen LogP contribution in [0.4, 0.5) is 0 Å². The van der Waals surface area contributed by atoms with E-state index in [1.165, 1.54) is 6.42 Å². The first-order valence-electron chi connectivity index (χ1n) is 7.36. The first-order chi connectivity index (χ1) is 10.8. The molecule has 0 bridgehead atoms. The number of aromatic nitrogens is 3. The minimum Gasteiger partial charge on any atom is -0.310 e. The van der Waals surface area contributed by atoms with E-state index in [-0.39, 0.29) is 0 Å². The Kier molecular flexibility index (Phi) is 3.98. The number of fused-ring (bicyclic) bond motifs is 1. The van der Waals surface area contributed by atoms with Gasteiger partial charge in [-0.15, -0.1) is 10.2 Å². The molecular weight excluding hydrogens is 274 g/mol. The molecule has 0 fully saturated rings. The smallest absolute Gasteiger partial charge is 0.174 e. The van der Waals surface area contributed by atoms with Gasteiger partial charge in [-0.05, 0) is 36.6 Å². The van der Waals surface area contributed by atoms with Crippen LogP contribution in [0.5, 0.6) is 0 Å². The molecule has 22 heavy (non-hydrogen) atoms. The maximum absolute atomic E-state index is 9.48. The molecule has 3 rings (SSSR count). The predicted octanol–water partition coefficient (Wildman–Crippen LogP) is 2.94. The maximum Gasteiger partial charge on any atom is 0.174 e. The van der Waals surface area contributed by atoms with Gasteiger partial charge in [0.15, 0.2) is 5.82 Å². The molecule has 0 spiro atoms. The third kappa shape index (κ3) is 2.75. The normalized spacial score (nSPS) is 14.5. The lowest BCUT2D eigenvalue weighted by Gasteiger charge is -2.05. The lowest BCUT2D eigenvalue weighted by atomic mass is 10.1. The number of allylic oxidation sites excluding steroid dienone is 1. The van der Waals surface area contributed by atoms with Crippen LogP contribution < -0.4 is 0 Å². The van der Waals surface area contributed by atoms with Crippen LogP contribution in [0.15, 0.2) is 24.3 Å². The van der Waals surface area contributed by atoms with Crippen molar-refractivity contribution in [3.63, 3.8) is 0 Å². The van der Waals surface area contributed by atoms with Gasteiger partial charge >= 0.3 is 0 Å². The average Bonchev–Trinajstić information content (AvgIpc) is 2.81. The predicted molar refractivity (Wildman–Crippen MR) is 82.2 cm³/mol. The summed E-state index contributed by atoms with van der Waals surface area (Å²) in [6, 6.07) is 11.4. The van der Waals surface area contributed by atoms with Gasteiger partial charge in [-0.25, -0.2) is 0 Å². The fraction of sp³-hybridized carbons (Fsp3) is 0.294. The molecule has 0 atom stereocenters. The number of benzene rings is 1. The van der Waals surface area contributed by atoms with Crippen molar-refractivity contribution in [1.29, 1.82) is 10.5 Å². The van der Waals surface area contributed by atoms with Gasteiger partial charge in [-0.3, -0.25) is 0 Å². The number of hydrogen-bond donors (Lipinski definition) is 0. The molecule has 0 amide bonds. The van der Waals surface area contributed by atoms with E-state index in [4.69, 9.17) is 5.26 Å². The third-order valence-electron chi connectivity index (χ3n) is 3.82. The van der Waals surface area contributed by atoms with E-state index in [0.717, 1.165) is 37.2 Å². The number of rotatable bonds is 2. The van der Waals surface area contributed by atoms with Gasteiger partial charge in [0.2, 0.25) is 0 Å². The largest absolute Gasteiger partial charge is 0.310 e. The van der Waals surface area contributed by atoms with Crippen molar-refractivity contribution in [2.24, 2.45) is 0 Å². The van der Waals surface area contributed by atoms with Gasteiger partial charge in [-0.2, -0.15) is 10.5 Å². The maximum atomic E-state index is 9.48. The minimum absolute atomic E-state index is 0.505. The van der Waals surface area contributed by atoms with Crippen molar-refractivity contribution in [2.75, 3.05) is 0 Å². The summed E-state index contributed by atoms with van der Waals surface area (Å²) >= 11 is 0. The topological polar surface area (TPSA) is 78.3 Å². The molecule has 108 valence electrons. The van der Waals surface area contributed by atoms with E-state index in [1.54, 1.807) is 18.2 Å². The monoisotopic (exact) mass is 289 g/mol. The molecule has 0 N–H and O–H groups in total. The molecule has 2 aromatic rings. The van der Waals surface area contributed by atoms with Crippen LogP contribution in [0.3, 0.4) is 0 Å². The second-order valence-electron chi connectivity index (χ2n) is 5.31. The molecule has 5 nitrogen and oxygen atoms in total. The van der Waals surface area contributed by atoms with Crippen LogP contribution in [0, 0.1) is 22.7 Å². The molecule has 1 aromatic carbocycles. The van der Waals surface area contributed by atoms with E-state index in [0.29, 0.717) is 17.0 Å². The summed E-state index contributed by atoms with van der Waals surface area (Å²) in [6.07, 6.45) is 6.11. The number of hydrogen-bond acceptors (Lipinski definition) is 4. The lowest BCUT2D eigenvalue weighted by molar-refractivity contribution is 0.627. The second kappa shape index (κ2) is 6.24. The zero-order valence-electron chi connectivity index (χ0n) is 12.2. The van der Waals surface area contributed by atoms with Crippen LogP contribution in [-0.2, 0) is 13.0 Å².